The molecule has 7 N–H and O–H groups in total. The van der Waals surface area contributed by atoms with Gasteiger partial charge in [-0.05, 0) is 18.8 Å². The summed E-state index contributed by atoms with van der Waals surface area (Å²) >= 11 is 3.96. The number of hydrogen-bond donors (Lipinski definition) is 7. The predicted octanol–water partition coefficient (Wildman–Crippen LogP) is -1.68. The monoisotopic (exact) mass is 420 g/mol. The maximum absolute atomic E-state index is 12.5. The van der Waals surface area contributed by atoms with Gasteiger partial charge in [0.25, 0.3) is 0 Å². The molecule has 0 fully saturated rings. The second-order valence-corrected chi connectivity index (χ2v) is 6.89. The number of carbonyl (C=O) groups is 5. The van der Waals surface area contributed by atoms with Gasteiger partial charge in [-0.25, -0.2) is 4.79 Å². The van der Waals surface area contributed by atoms with E-state index >= 15 is 0 Å². The highest BCUT2D eigenvalue weighted by atomic mass is 32.1. The summed E-state index contributed by atoms with van der Waals surface area (Å²) in [7, 11) is 0. The molecule has 0 saturated heterocycles. The molecule has 3 unspecified atom stereocenters. The second-order valence-electron chi connectivity index (χ2n) is 6.53. The van der Waals surface area contributed by atoms with E-state index in [1.165, 1.54) is 0 Å². The van der Waals surface area contributed by atoms with Crippen LogP contribution in [0.2, 0.25) is 0 Å². The van der Waals surface area contributed by atoms with Crippen LogP contribution < -0.4 is 21.7 Å². The average Bonchev–Trinajstić information content (AvgIpc) is 2.61. The topological polar surface area (TPSA) is 188 Å². The quantitative estimate of drug-likeness (QED) is 0.172. The molecule has 0 aliphatic heterocycles. The number of thiol groups is 1. The molecule has 160 valence electrons. The number of hydrogen-bond acceptors (Lipinski definition) is 7. The van der Waals surface area contributed by atoms with Crippen molar-refractivity contribution in [3.8, 4) is 0 Å². The number of carboxylic acid groups (broad SMARTS) is 2. The van der Waals surface area contributed by atoms with Crippen molar-refractivity contribution in [2.24, 2.45) is 11.7 Å². The second kappa shape index (κ2) is 12.9. The minimum Gasteiger partial charge on any atom is -0.481 e. The summed E-state index contributed by atoms with van der Waals surface area (Å²) in [6, 6.07) is -3.57. The number of nitrogens with two attached hydrogens (primary N) is 1. The molecule has 0 aromatic rings. The lowest BCUT2D eigenvalue weighted by molar-refractivity contribution is -0.143. The summed E-state index contributed by atoms with van der Waals surface area (Å²) in [5.41, 5.74) is 5.17. The Morgan fingerprint density at radius 2 is 1.46 bits per heavy atom. The van der Waals surface area contributed by atoms with Crippen molar-refractivity contribution in [3.63, 3.8) is 0 Å². The predicted molar refractivity (Wildman–Crippen MR) is 103 cm³/mol. The number of carbonyl (C=O) groups excluding carboxylic acids is 3. The highest BCUT2D eigenvalue weighted by Crippen LogP contribution is 2.07. The fraction of sp³-hybridized carbons (Fsp3) is 0.688. The number of aliphatic carboxylic acids is 2. The molecule has 0 aromatic heterocycles. The Morgan fingerprint density at radius 3 is 1.89 bits per heavy atom. The van der Waals surface area contributed by atoms with E-state index in [9.17, 15) is 29.1 Å². The van der Waals surface area contributed by atoms with Crippen molar-refractivity contribution < 1.29 is 34.2 Å². The van der Waals surface area contributed by atoms with Crippen LogP contribution in [0.3, 0.4) is 0 Å². The molecule has 0 bridgehead atoms. The molecular formula is C16H28N4O7S. The van der Waals surface area contributed by atoms with Crippen LogP contribution in [0, 0.1) is 5.92 Å². The number of nitrogens with one attached hydrogen (secondary N) is 3. The molecule has 12 heteroatoms. The number of rotatable bonds is 13. The van der Waals surface area contributed by atoms with Gasteiger partial charge >= 0.3 is 11.9 Å². The zero-order valence-corrected chi connectivity index (χ0v) is 16.7. The van der Waals surface area contributed by atoms with E-state index in [4.69, 9.17) is 10.8 Å². The maximum atomic E-state index is 12.5. The smallest absolute Gasteiger partial charge is 0.326 e. The van der Waals surface area contributed by atoms with E-state index in [-0.39, 0.29) is 31.1 Å². The van der Waals surface area contributed by atoms with Crippen molar-refractivity contribution in [2.75, 3.05) is 12.3 Å². The van der Waals surface area contributed by atoms with Crippen LogP contribution in [0.25, 0.3) is 0 Å². The zero-order valence-electron chi connectivity index (χ0n) is 15.8. The van der Waals surface area contributed by atoms with Gasteiger partial charge < -0.3 is 31.9 Å². The van der Waals surface area contributed by atoms with Gasteiger partial charge in [0.05, 0.1) is 6.54 Å². The van der Waals surface area contributed by atoms with E-state index in [1.54, 1.807) is 13.8 Å². The maximum Gasteiger partial charge on any atom is 0.326 e. The van der Waals surface area contributed by atoms with Gasteiger partial charge in [0.1, 0.15) is 18.1 Å². The van der Waals surface area contributed by atoms with Crippen molar-refractivity contribution in [1.82, 2.24) is 16.0 Å². The Labute approximate surface area is 168 Å². The van der Waals surface area contributed by atoms with Crippen LogP contribution in [0.5, 0.6) is 0 Å². The van der Waals surface area contributed by atoms with Crippen LogP contribution in [-0.2, 0) is 24.0 Å². The Balaban J connectivity index is 5.25. The van der Waals surface area contributed by atoms with Crippen LogP contribution in [0.15, 0.2) is 0 Å². The lowest BCUT2D eigenvalue weighted by Gasteiger charge is -2.24. The first-order valence-electron chi connectivity index (χ1n) is 8.67. The molecule has 0 heterocycles. The molecule has 3 atom stereocenters. The van der Waals surface area contributed by atoms with Gasteiger partial charge in [0.2, 0.25) is 17.7 Å². The van der Waals surface area contributed by atoms with Gasteiger partial charge in [-0.2, -0.15) is 12.6 Å². The fourth-order valence-electron chi connectivity index (χ4n) is 2.22. The molecule has 0 aliphatic rings. The minimum atomic E-state index is -1.30. The highest BCUT2D eigenvalue weighted by Gasteiger charge is 2.29. The molecule has 0 radical (unpaired) electrons. The van der Waals surface area contributed by atoms with E-state index < -0.39 is 54.2 Å². The van der Waals surface area contributed by atoms with E-state index in [1.807, 2.05) is 0 Å². The van der Waals surface area contributed by atoms with Gasteiger partial charge in [-0.3, -0.25) is 19.2 Å². The van der Waals surface area contributed by atoms with Gasteiger partial charge in [-0.15, -0.1) is 0 Å². The summed E-state index contributed by atoms with van der Waals surface area (Å²) < 4.78 is 0. The minimum absolute atomic E-state index is 0.0199. The van der Waals surface area contributed by atoms with Crippen LogP contribution in [-0.4, -0.2) is 70.3 Å². The Morgan fingerprint density at radius 1 is 0.929 bits per heavy atom. The third-order valence-corrected chi connectivity index (χ3v) is 3.99. The zero-order chi connectivity index (χ0) is 21.9. The van der Waals surface area contributed by atoms with Gasteiger partial charge in [-0.1, -0.05) is 13.8 Å². The highest BCUT2D eigenvalue weighted by molar-refractivity contribution is 7.80. The number of carboxylic acids is 2. The van der Waals surface area contributed by atoms with Crippen LogP contribution >= 0.6 is 12.6 Å². The molecular weight excluding hydrogens is 392 g/mol. The number of amides is 3. The van der Waals surface area contributed by atoms with E-state index in [0.29, 0.717) is 0 Å². The molecule has 0 aliphatic carbocycles. The van der Waals surface area contributed by atoms with Gasteiger partial charge in [0, 0.05) is 12.2 Å². The normalized spacial score (nSPS) is 13.9. The lowest BCUT2D eigenvalue weighted by atomic mass is 10.0. The molecule has 28 heavy (non-hydrogen) atoms. The van der Waals surface area contributed by atoms with Crippen LogP contribution in [0.4, 0.5) is 0 Å². The molecule has 3 amide bonds. The summed E-state index contributed by atoms with van der Waals surface area (Å²) in [4.78, 5) is 58.3. The largest absolute Gasteiger partial charge is 0.481 e. The molecule has 0 aromatic carbocycles. The van der Waals surface area contributed by atoms with E-state index in [0.717, 1.165) is 0 Å². The summed E-state index contributed by atoms with van der Waals surface area (Å²) in [6.45, 7) is 3.21. The Bertz CT molecular complexity index is 585. The summed E-state index contributed by atoms with van der Waals surface area (Å²) in [6.07, 6.45) is -0.529. The first-order chi connectivity index (χ1) is 13.0. The first-order valence-corrected chi connectivity index (χ1v) is 9.30. The molecule has 0 rings (SSSR count). The fourth-order valence-corrected chi connectivity index (χ4v) is 2.48. The van der Waals surface area contributed by atoms with Gasteiger partial charge in [0.15, 0.2) is 0 Å². The lowest BCUT2D eigenvalue weighted by Crippen LogP contribution is -2.56. The molecule has 0 spiro atoms. The third-order valence-electron chi connectivity index (χ3n) is 3.62. The standard InChI is InChI=1S/C16H28N4O7S/c1-8(2)5-10(16(26)27)20-14(24)9(3-4-13(22)23)19-15(25)11(7-28)18-12(21)6-17/h8-11,28H,3-7,17H2,1-2H3,(H,18,21)(H,19,25)(H,20,24)(H,22,23)(H,26,27). The summed E-state index contributed by atoms with van der Waals surface area (Å²) in [5, 5.41) is 25.1. The van der Waals surface area contributed by atoms with E-state index in [2.05, 4.69) is 28.6 Å². The summed E-state index contributed by atoms with van der Waals surface area (Å²) in [5.74, 6) is -4.74. The van der Waals surface area contributed by atoms with Crippen LogP contribution in [0.1, 0.15) is 33.1 Å². The van der Waals surface area contributed by atoms with Crippen molar-refractivity contribution >= 4 is 42.3 Å². The molecule has 11 nitrogen and oxygen atoms in total. The third kappa shape index (κ3) is 10.1. The SMILES string of the molecule is CC(C)CC(NC(=O)C(CCC(=O)O)NC(=O)C(CS)NC(=O)CN)C(=O)O. The van der Waals surface area contributed by atoms with Crippen molar-refractivity contribution in [1.29, 1.82) is 0 Å². The van der Waals surface area contributed by atoms with Crippen molar-refractivity contribution in [3.05, 3.63) is 0 Å². The molecule has 0 saturated carbocycles. The first kappa shape index (κ1) is 25.7. The Hall–Kier alpha value is -2.34. The van der Waals surface area contributed by atoms with Crippen molar-refractivity contribution in [2.45, 2.75) is 51.2 Å². The average molecular weight is 420 g/mol. The Kier molecular flexibility index (Phi) is 11.9.